The van der Waals surface area contributed by atoms with Crippen LogP contribution in [0.3, 0.4) is 0 Å². The van der Waals surface area contributed by atoms with Gasteiger partial charge in [0.1, 0.15) is 5.76 Å². The van der Waals surface area contributed by atoms with Gasteiger partial charge in [0.05, 0.1) is 6.54 Å². The van der Waals surface area contributed by atoms with E-state index >= 15 is 0 Å². The molecule has 0 spiro atoms. The van der Waals surface area contributed by atoms with Crippen molar-refractivity contribution < 1.29 is 14.0 Å². The zero-order chi connectivity index (χ0) is 18.5. The van der Waals surface area contributed by atoms with Crippen LogP contribution in [0.5, 0.6) is 0 Å². The Morgan fingerprint density at radius 1 is 1.00 bits per heavy atom. The first kappa shape index (κ1) is 17.8. The lowest BCUT2D eigenvalue weighted by Gasteiger charge is -2.07. The smallest absolute Gasteiger partial charge is 0.291 e. The molecule has 1 heterocycles. The zero-order valence-corrected chi connectivity index (χ0v) is 14.8. The molecule has 0 atom stereocenters. The molecule has 3 aromatic rings. The lowest BCUT2D eigenvalue weighted by molar-refractivity contribution is 0.0948. The van der Waals surface area contributed by atoms with Crippen molar-refractivity contribution in [3.63, 3.8) is 0 Å². The summed E-state index contributed by atoms with van der Waals surface area (Å²) in [7, 11) is 0. The molecule has 0 aliphatic heterocycles. The summed E-state index contributed by atoms with van der Waals surface area (Å²) in [5.41, 5.74) is 2.08. The van der Waals surface area contributed by atoms with E-state index in [-0.39, 0.29) is 24.1 Å². The van der Waals surface area contributed by atoms with Crippen LogP contribution in [-0.2, 0) is 6.54 Å². The minimum atomic E-state index is -0.379. The van der Waals surface area contributed by atoms with Crippen LogP contribution in [0.25, 0.3) is 0 Å². The number of anilines is 1. The number of benzene rings is 2. The molecule has 2 aromatic carbocycles. The molecule has 0 fully saturated rings. The number of carbonyl (C=O) groups is 2. The number of halogens is 1. The van der Waals surface area contributed by atoms with Crippen LogP contribution in [-0.4, -0.2) is 11.8 Å². The van der Waals surface area contributed by atoms with Gasteiger partial charge in [-0.3, -0.25) is 9.59 Å². The van der Waals surface area contributed by atoms with E-state index in [4.69, 9.17) is 16.0 Å². The molecule has 0 aliphatic carbocycles. The summed E-state index contributed by atoms with van der Waals surface area (Å²) in [6, 6.07) is 17.4. The Morgan fingerprint density at radius 2 is 1.77 bits per heavy atom. The molecule has 0 unspecified atom stereocenters. The molecule has 26 heavy (non-hydrogen) atoms. The van der Waals surface area contributed by atoms with E-state index in [0.717, 1.165) is 5.56 Å². The minimum absolute atomic E-state index is 0.160. The highest BCUT2D eigenvalue weighted by molar-refractivity contribution is 6.31. The van der Waals surface area contributed by atoms with Gasteiger partial charge in [0.25, 0.3) is 11.8 Å². The lowest BCUT2D eigenvalue weighted by Crippen LogP contribution is -2.22. The van der Waals surface area contributed by atoms with Crippen LogP contribution in [0, 0.1) is 6.92 Å². The normalized spacial score (nSPS) is 10.4. The monoisotopic (exact) mass is 368 g/mol. The summed E-state index contributed by atoms with van der Waals surface area (Å²) in [5, 5.41) is 6.06. The Kier molecular flexibility index (Phi) is 5.39. The van der Waals surface area contributed by atoms with Gasteiger partial charge >= 0.3 is 0 Å². The Bertz CT molecular complexity index is 935. The van der Waals surface area contributed by atoms with Crippen molar-refractivity contribution in [2.45, 2.75) is 13.5 Å². The average Bonchev–Trinajstić information content (AvgIpc) is 3.12. The van der Waals surface area contributed by atoms with E-state index < -0.39 is 0 Å². The maximum absolute atomic E-state index is 12.3. The number of nitrogens with one attached hydrogen (secondary N) is 2. The van der Waals surface area contributed by atoms with E-state index in [9.17, 15) is 9.59 Å². The van der Waals surface area contributed by atoms with Gasteiger partial charge in [0.2, 0.25) is 0 Å². The molecule has 0 saturated heterocycles. The molecule has 6 heteroatoms. The predicted molar refractivity (Wildman–Crippen MR) is 100 cm³/mol. The number of furan rings is 1. The highest BCUT2D eigenvalue weighted by atomic mass is 35.5. The second-order valence-corrected chi connectivity index (χ2v) is 6.16. The standard InChI is InChI=1S/C20H17ClN2O3/c1-13-7-8-15(21)11-17(13)23-20(25)18-10-9-16(26-18)12-22-19(24)14-5-3-2-4-6-14/h2-11H,12H2,1H3,(H,22,24)(H,23,25). The Hall–Kier alpha value is -3.05. The van der Waals surface area contributed by atoms with Gasteiger partial charge in [-0.15, -0.1) is 0 Å². The fourth-order valence-electron chi connectivity index (χ4n) is 2.37. The van der Waals surface area contributed by atoms with Crippen molar-refractivity contribution in [2.24, 2.45) is 0 Å². The number of hydrogen-bond acceptors (Lipinski definition) is 3. The first-order chi connectivity index (χ1) is 12.5. The van der Waals surface area contributed by atoms with E-state index in [1.54, 1.807) is 48.5 Å². The first-order valence-electron chi connectivity index (χ1n) is 8.02. The quantitative estimate of drug-likeness (QED) is 0.700. The Labute approximate surface area is 156 Å². The fraction of sp³-hybridized carbons (Fsp3) is 0.100. The predicted octanol–water partition coefficient (Wildman–Crippen LogP) is 4.42. The first-order valence-corrected chi connectivity index (χ1v) is 8.40. The molecule has 0 saturated carbocycles. The summed E-state index contributed by atoms with van der Waals surface area (Å²) < 4.78 is 5.51. The van der Waals surface area contributed by atoms with E-state index in [2.05, 4.69) is 10.6 Å². The minimum Gasteiger partial charge on any atom is -0.454 e. The van der Waals surface area contributed by atoms with Crippen molar-refractivity contribution >= 4 is 29.1 Å². The summed E-state index contributed by atoms with van der Waals surface area (Å²) in [4.78, 5) is 24.3. The van der Waals surface area contributed by atoms with Gasteiger partial charge in [-0.2, -0.15) is 0 Å². The van der Waals surface area contributed by atoms with Crippen LogP contribution in [0.15, 0.2) is 65.1 Å². The van der Waals surface area contributed by atoms with Crippen LogP contribution >= 0.6 is 11.6 Å². The van der Waals surface area contributed by atoms with Crippen molar-refractivity contribution in [1.29, 1.82) is 0 Å². The molecular formula is C20H17ClN2O3. The summed E-state index contributed by atoms with van der Waals surface area (Å²) in [6.45, 7) is 2.07. The van der Waals surface area contributed by atoms with Crippen molar-refractivity contribution in [3.05, 3.63) is 88.3 Å². The largest absolute Gasteiger partial charge is 0.454 e. The third-order valence-electron chi connectivity index (χ3n) is 3.79. The molecule has 0 aliphatic rings. The van der Waals surface area contributed by atoms with Gasteiger partial charge in [-0.1, -0.05) is 35.9 Å². The Balaban J connectivity index is 1.61. The number of carbonyl (C=O) groups excluding carboxylic acids is 2. The van der Waals surface area contributed by atoms with Crippen LogP contribution in [0.1, 0.15) is 32.2 Å². The van der Waals surface area contributed by atoms with E-state index in [0.29, 0.717) is 22.0 Å². The summed E-state index contributed by atoms with van der Waals surface area (Å²) in [6.07, 6.45) is 0. The second kappa shape index (κ2) is 7.89. The summed E-state index contributed by atoms with van der Waals surface area (Å²) in [5.74, 6) is 0.0640. The van der Waals surface area contributed by atoms with Crippen molar-refractivity contribution in [2.75, 3.05) is 5.32 Å². The highest BCUT2D eigenvalue weighted by Crippen LogP contribution is 2.21. The zero-order valence-electron chi connectivity index (χ0n) is 14.1. The maximum Gasteiger partial charge on any atom is 0.291 e. The van der Waals surface area contributed by atoms with Gasteiger partial charge in [-0.25, -0.2) is 0 Å². The molecule has 2 N–H and O–H groups in total. The second-order valence-electron chi connectivity index (χ2n) is 5.73. The molecule has 5 nitrogen and oxygen atoms in total. The number of rotatable bonds is 5. The van der Waals surface area contributed by atoms with Gasteiger partial charge in [0.15, 0.2) is 5.76 Å². The van der Waals surface area contributed by atoms with Gasteiger partial charge in [0, 0.05) is 16.3 Å². The number of amides is 2. The molecule has 0 bridgehead atoms. The van der Waals surface area contributed by atoms with Crippen LogP contribution in [0.4, 0.5) is 5.69 Å². The molecule has 2 amide bonds. The molecule has 132 valence electrons. The van der Waals surface area contributed by atoms with Crippen LogP contribution < -0.4 is 10.6 Å². The van der Waals surface area contributed by atoms with Crippen LogP contribution in [0.2, 0.25) is 5.02 Å². The van der Waals surface area contributed by atoms with Gasteiger partial charge in [-0.05, 0) is 48.9 Å². The number of hydrogen-bond donors (Lipinski definition) is 2. The topological polar surface area (TPSA) is 71.3 Å². The lowest BCUT2D eigenvalue weighted by atomic mass is 10.2. The highest BCUT2D eigenvalue weighted by Gasteiger charge is 2.13. The van der Waals surface area contributed by atoms with Crippen molar-refractivity contribution in [3.8, 4) is 0 Å². The average molecular weight is 369 g/mol. The molecule has 1 aromatic heterocycles. The number of aryl methyl sites for hydroxylation is 1. The van der Waals surface area contributed by atoms with E-state index in [1.165, 1.54) is 0 Å². The molecule has 0 radical (unpaired) electrons. The third kappa shape index (κ3) is 4.32. The Morgan fingerprint density at radius 3 is 2.54 bits per heavy atom. The molecular weight excluding hydrogens is 352 g/mol. The van der Waals surface area contributed by atoms with E-state index in [1.807, 2.05) is 19.1 Å². The fourth-order valence-corrected chi connectivity index (χ4v) is 2.54. The SMILES string of the molecule is Cc1ccc(Cl)cc1NC(=O)c1ccc(CNC(=O)c2ccccc2)o1. The van der Waals surface area contributed by atoms with Gasteiger partial charge < -0.3 is 15.1 Å². The molecule has 3 rings (SSSR count). The maximum atomic E-state index is 12.3. The summed E-state index contributed by atoms with van der Waals surface area (Å²) >= 11 is 5.96. The third-order valence-corrected chi connectivity index (χ3v) is 4.03. The van der Waals surface area contributed by atoms with Crippen molar-refractivity contribution in [1.82, 2.24) is 5.32 Å².